The molecule has 0 unspecified atom stereocenters. The van der Waals surface area contributed by atoms with Gasteiger partial charge in [-0.1, -0.05) is 12.8 Å². The molecule has 1 aliphatic rings. The number of rotatable bonds is 2. The Kier molecular flexibility index (Phi) is 2.58. The van der Waals surface area contributed by atoms with E-state index in [1.165, 1.54) is 25.1 Å². The minimum atomic E-state index is -1.10. The van der Waals surface area contributed by atoms with E-state index < -0.39 is 5.97 Å². The zero-order valence-corrected chi connectivity index (χ0v) is 8.31. The van der Waals surface area contributed by atoms with Crippen LogP contribution in [0, 0.1) is 0 Å². The van der Waals surface area contributed by atoms with Crippen molar-refractivity contribution < 1.29 is 15.0 Å². The molecule has 0 aliphatic heterocycles. The van der Waals surface area contributed by atoms with Gasteiger partial charge in [0.2, 0.25) is 0 Å². The summed E-state index contributed by atoms with van der Waals surface area (Å²) in [5, 5.41) is 18.1. The molecule has 0 saturated heterocycles. The third kappa shape index (κ3) is 1.93. The minimum Gasteiger partial charge on any atom is -0.505 e. The number of hydrogen-bond acceptors (Lipinski definition) is 3. The molecule has 0 radical (unpaired) electrons. The van der Waals surface area contributed by atoms with Crippen molar-refractivity contribution >= 4 is 5.97 Å². The number of carboxylic acid groups (broad SMARTS) is 1. The topological polar surface area (TPSA) is 70.4 Å². The van der Waals surface area contributed by atoms with E-state index in [1.807, 2.05) is 0 Å². The zero-order chi connectivity index (χ0) is 10.8. The molecular weight excluding hydrogens is 194 g/mol. The first kappa shape index (κ1) is 9.96. The van der Waals surface area contributed by atoms with Crippen LogP contribution in [-0.4, -0.2) is 21.2 Å². The molecule has 2 N–H and O–H groups in total. The monoisotopic (exact) mass is 207 g/mol. The van der Waals surface area contributed by atoms with E-state index >= 15 is 0 Å². The molecule has 1 aromatic rings. The molecule has 1 aromatic heterocycles. The maximum absolute atomic E-state index is 10.8. The highest BCUT2D eigenvalue weighted by molar-refractivity contribution is 5.90. The fourth-order valence-electron chi connectivity index (χ4n) is 2.08. The van der Waals surface area contributed by atoms with Crippen LogP contribution >= 0.6 is 0 Å². The van der Waals surface area contributed by atoms with Gasteiger partial charge in [-0.2, -0.15) is 0 Å². The van der Waals surface area contributed by atoms with Crippen LogP contribution < -0.4 is 0 Å². The Balaban J connectivity index is 2.33. The van der Waals surface area contributed by atoms with Gasteiger partial charge in [0, 0.05) is 11.6 Å². The Labute approximate surface area is 87.6 Å². The molecule has 2 rings (SSSR count). The van der Waals surface area contributed by atoms with Crippen molar-refractivity contribution in [1.29, 1.82) is 0 Å². The summed E-state index contributed by atoms with van der Waals surface area (Å²) < 4.78 is 0. The number of carboxylic acids is 1. The average molecular weight is 207 g/mol. The number of pyridine rings is 1. The van der Waals surface area contributed by atoms with Crippen LogP contribution in [0.15, 0.2) is 12.3 Å². The van der Waals surface area contributed by atoms with Gasteiger partial charge in [0.25, 0.3) is 0 Å². The maximum Gasteiger partial charge on any atom is 0.339 e. The summed E-state index contributed by atoms with van der Waals surface area (Å²) in [6.45, 7) is 0. The van der Waals surface area contributed by atoms with Gasteiger partial charge in [-0.25, -0.2) is 4.79 Å². The number of aromatic hydroxyl groups is 1. The number of aromatic nitrogens is 1. The Bertz CT molecular complexity index is 383. The molecule has 1 saturated carbocycles. The molecule has 0 atom stereocenters. The van der Waals surface area contributed by atoms with Crippen LogP contribution in [0.3, 0.4) is 0 Å². The maximum atomic E-state index is 10.8. The van der Waals surface area contributed by atoms with Gasteiger partial charge < -0.3 is 10.2 Å². The molecule has 15 heavy (non-hydrogen) atoms. The third-order valence-corrected chi connectivity index (χ3v) is 2.91. The van der Waals surface area contributed by atoms with E-state index in [0.717, 1.165) is 18.5 Å². The lowest BCUT2D eigenvalue weighted by Gasteiger charge is -2.09. The first-order valence-electron chi connectivity index (χ1n) is 5.10. The lowest BCUT2D eigenvalue weighted by molar-refractivity contribution is 0.0693. The van der Waals surface area contributed by atoms with Crippen LogP contribution in [-0.2, 0) is 0 Å². The van der Waals surface area contributed by atoms with Gasteiger partial charge in [0.05, 0.1) is 6.20 Å². The summed E-state index contributed by atoms with van der Waals surface area (Å²) in [5.41, 5.74) is 0.745. The average Bonchev–Trinajstić information content (AvgIpc) is 2.71. The Morgan fingerprint density at radius 1 is 1.40 bits per heavy atom. The van der Waals surface area contributed by atoms with Crippen LogP contribution in [0.2, 0.25) is 0 Å². The van der Waals surface area contributed by atoms with Gasteiger partial charge in [-0.3, -0.25) is 4.98 Å². The molecule has 1 aliphatic carbocycles. The van der Waals surface area contributed by atoms with E-state index in [0.29, 0.717) is 5.92 Å². The van der Waals surface area contributed by atoms with E-state index in [1.54, 1.807) is 0 Å². The van der Waals surface area contributed by atoms with E-state index in [9.17, 15) is 9.90 Å². The smallest absolute Gasteiger partial charge is 0.339 e. The van der Waals surface area contributed by atoms with Gasteiger partial charge >= 0.3 is 5.97 Å². The van der Waals surface area contributed by atoms with E-state index in [-0.39, 0.29) is 11.3 Å². The number of carbonyl (C=O) groups is 1. The Morgan fingerprint density at radius 2 is 2.07 bits per heavy atom. The summed E-state index contributed by atoms with van der Waals surface area (Å²) >= 11 is 0. The first-order chi connectivity index (χ1) is 7.18. The SMILES string of the molecule is O=C(O)c1cc(C2CCCC2)ncc1O. The second-order valence-corrected chi connectivity index (χ2v) is 3.91. The second-order valence-electron chi connectivity index (χ2n) is 3.91. The largest absolute Gasteiger partial charge is 0.505 e. The van der Waals surface area contributed by atoms with Crippen molar-refractivity contribution in [2.24, 2.45) is 0 Å². The van der Waals surface area contributed by atoms with Crippen LogP contribution in [0.5, 0.6) is 5.75 Å². The number of nitrogens with zero attached hydrogens (tertiary/aromatic N) is 1. The molecule has 0 spiro atoms. The normalized spacial score (nSPS) is 16.8. The lowest BCUT2D eigenvalue weighted by Crippen LogP contribution is -2.02. The van der Waals surface area contributed by atoms with Gasteiger partial charge in [0.1, 0.15) is 11.3 Å². The van der Waals surface area contributed by atoms with Crippen molar-refractivity contribution in [2.75, 3.05) is 0 Å². The quantitative estimate of drug-likeness (QED) is 0.779. The fraction of sp³-hybridized carbons (Fsp3) is 0.455. The highest BCUT2D eigenvalue weighted by Gasteiger charge is 2.20. The van der Waals surface area contributed by atoms with Crippen molar-refractivity contribution in [3.63, 3.8) is 0 Å². The van der Waals surface area contributed by atoms with Crippen LogP contribution in [0.4, 0.5) is 0 Å². The van der Waals surface area contributed by atoms with Crippen molar-refractivity contribution in [3.05, 3.63) is 23.5 Å². The molecule has 0 aromatic carbocycles. The lowest BCUT2D eigenvalue weighted by atomic mass is 10.0. The molecule has 1 fully saturated rings. The summed E-state index contributed by atoms with van der Waals surface area (Å²) in [5.74, 6) is -0.998. The second kappa shape index (κ2) is 3.88. The Morgan fingerprint density at radius 3 is 2.67 bits per heavy atom. The van der Waals surface area contributed by atoms with Gasteiger partial charge in [0.15, 0.2) is 0 Å². The van der Waals surface area contributed by atoms with Crippen molar-refractivity contribution in [2.45, 2.75) is 31.6 Å². The highest BCUT2D eigenvalue weighted by atomic mass is 16.4. The predicted molar refractivity (Wildman–Crippen MR) is 54.1 cm³/mol. The van der Waals surface area contributed by atoms with Crippen LogP contribution in [0.25, 0.3) is 0 Å². The molecule has 0 bridgehead atoms. The molecule has 4 nitrogen and oxygen atoms in total. The number of hydrogen-bond donors (Lipinski definition) is 2. The molecule has 1 heterocycles. The Hall–Kier alpha value is -1.58. The highest BCUT2D eigenvalue weighted by Crippen LogP contribution is 2.34. The van der Waals surface area contributed by atoms with Crippen molar-refractivity contribution in [3.8, 4) is 5.75 Å². The van der Waals surface area contributed by atoms with Gasteiger partial charge in [-0.15, -0.1) is 0 Å². The standard InChI is InChI=1S/C11H13NO3/c13-10-6-12-9(5-8(10)11(14)15)7-3-1-2-4-7/h5-7,13H,1-4H2,(H,14,15). The van der Waals surface area contributed by atoms with Gasteiger partial charge in [-0.05, 0) is 18.9 Å². The molecule has 4 heteroatoms. The van der Waals surface area contributed by atoms with Crippen molar-refractivity contribution in [1.82, 2.24) is 4.98 Å². The fourth-order valence-corrected chi connectivity index (χ4v) is 2.08. The molecule has 80 valence electrons. The predicted octanol–water partition coefficient (Wildman–Crippen LogP) is 2.14. The van der Waals surface area contributed by atoms with E-state index in [2.05, 4.69) is 4.98 Å². The summed E-state index contributed by atoms with van der Waals surface area (Å²) in [4.78, 5) is 14.9. The number of aromatic carboxylic acids is 1. The van der Waals surface area contributed by atoms with E-state index in [4.69, 9.17) is 5.11 Å². The first-order valence-corrected chi connectivity index (χ1v) is 5.10. The van der Waals surface area contributed by atoms with Crippen LogP contribution in [0.1, 0.15) is 47.7 Å². The third-order valence-electron chi connectivity index (χ3n) is 2.91. The zero-order valence-electron chi connectivity index (χ0n) is 8.31. The summed E-state index contributed by atoms with van der Waals surface area (Å²) in [7, 11) is 0. The molecular formula is C11H13NO3. The minimum absolute atomic E-state index is 0.0492. The summed E-state index contributed by atoms with van der Waals surface area (Å²) in [6, 6.07) is 1.49. The summed E-state index contributed by atoms with van der Waals surface area (Å²) in [6.07, 6.45) is 5.72. The molecule has 0 amide bonds.